The van der Waals surface area contributed by atoms with E-state index >= 15 is 0 Å². The number of amides is 3. The van der Waals surface area contributed by atoms with Crippen LogP contribution in [0, 0.1) is 0 Å². The molecule has 57 heavy (non-hydrogen) atoms. The first-order valence-corrected chi connectivity index (χ1v) is 19.0. The molecule has 2 aliphatic heterocycles. The Labute approximate surface area is 333 Å². The molecular formula is C38H57N9O10. The number of aromatic nitrogens is 4. The highest BCUT2D eigenvalue weighted by Gasteiger charge is 2.39. The number of carbonyl (C=O) groups is 5. The first kappa shape index (κ1) is 44.5. The molecule has 314 valence electrons. The van der Waals surface area contributed by atoms with Crippen molar-refractivity contribution >= 4 is 41.9 Å². The van der Waals surface area contributed by atoms with Gasteiger partial charge in [0, 0.05) is 76.2 Å². The Kier molecular flexibility index (Phi) is 14.7. The van der Waals surface area contributed by atoms with E-state index in [4.69, 9.17) is 24.1 Å². The molecule has 0 spiro atoms. The van der Waals surface area contributed by atoms with Gasteiger partial charge in [-0.25, -0.2) is 44.0 Å². The molecule has 2 saturated heterocycles. The summed E-state index contributed by atoms with van der Waals surface area (Å²) in [4.78, 5) is 89.7. The summed E-state index contributed by atoms with van der Waals surface area (Å²) in [7, 11) is 0. The summed E-state index contributed by atoms with van der Waals surface area (Å²) in [5.74, 6) is -1.07. The summed E-state index contributed by atoms with van der Waals surface area (Å²) in [6.07, 6.45) is 3.90. The van der Waals surface area contributed by atoms with Crippen LogP contribution in [-0.4, -0.2) is 158 Å². The van der Waals surface area contributed by atoms with Crippen molar-refractivity contribution in [3.8, 4) is 0 Å². The molecule has 0 saturated carbocycles. The number of carboxylic acids is 1. The van der Waals surface area contributed by atoms with Crippen molar-refractivity contribution in [2.45, 2.75) is 98.1 Å². The zero-order valence-corrected chi connectivity index (χ0v) is 34.5. The Bertz CT molecular complexity index is 1670. The van der Waals surface area contributed by atoms with Crippen molar-refractivity contribution in [3.05, 3.63) is 35.9 Å². The maximum absolute atomic E-state index is 13.5. The summed E-state index contributed by atoms with van der Waals surface area (Å²) in [5.41, 5.74) is -2.01. The highest BCUT2D eigenvalue weighted by atomic mass is 16.6. The van der Waals surface area contributed by atoms with Crippen molar-refractivity contribution in [2.75, 3.05) is 75.4 Å². The van der Waals surface area contributed by atoms with Crippen molar-refractivity contribution < 1.29 is 48.0 Å². The number of nitrogens with zero attached hydrogens (tertiary/aromatic N) is 9. The van der Waals surface area contributed by atoms with Crippen molar-refractivity contribution in [3.63, 3.8) is 0 Å². The number of hydrogen-bond acceptors (Lipinski definition) is 16. The largest absolute Gasteiger partial charge is 0.478 e. The maximum atomic E-state index is 13.5. The van der Waals surface area contributed by atoms with E-state index in [1.165, 1.54) is 29.7 Å². The average Bonchev–Trinajstić information content (AvgIpc) is 3.11. The van der Waals surface area contributed by atoms with Gasteiger partial charge in [0.1, 0.15) is 22.8 Å². The highest BCUT2D eigenvalue weighted by Crippen LogP contribution is 2.22. The Morgan fingerprint density at radius 1 is 0.702 bits per heavy atom. The number of imide groups is 1. The number of ether oxygens (including phenoxy) is 4. The molecule has 4 rings (SSSR count). The fraction of sp³-hybridized carbons (Fsp3) is 0.658. The Morgan fingerprint density at radius 2 is 1.21 bits per heavy atom. The van der Waals surface area contributed by atoms with E-state index in [1.54, 1.807) is 67.2 Å². The first-order chi connectivity index (χ1) is 26.6. The number of piperazine rings is 2. The van der Waals surface area contributed by atoms with Gasteiger partial charge in [0.15, 0.2) is 0 Å². The predicted octanol–water partition coefficient (Wildman–Crippen LogP) is 3.22. The van der Waals surface area contributed by atoms with E-state index in [1.807, 2.05) is 4.90 Å². The summed E-state index contributed by atoms with van der Waals surface area (Å²) < 4.78 is 22.4. The van der Waals surface area contributed by atoms with Crippen LogP contribution in [0.5, 0.6) is 0 Å². The standard InChI is InChI=1S/C38H57N9O10/c1-36(2,3)55-31(51)28-25-45(33-39-20-26(21-40-33)24-47(34(52)56-37(4,5)6)35(53)57-38(7,8)9)15-16-46(28)29(48)10-18-54-19-17-43-11-13-44(14-12-43)32-41-22-27(23-42-32)30(49)50/h20-23,28H,10-19,24-25H2,1-9H3,(H,49,50). The minimum absolute atomic E-state index is 0.0402. The monoisotopic (exact) mass is 799 g/mol. The summed E-state index contributed by atoms with van der Waals surface area (Å²) >= 11 is 0. The smallest absolute Gasteiger partial charge is 0.420 e. The quantitative estimate of drug-likeness (QED) is 0.186. The van der Waals surface area contributed by atoms with Crippen molar-refractivity contribution in [1.29, 1.82) is 0 Å². The van der Waals surface area contributed by atoms with E-state index < -0.39 is 47.0 Å². The zero-order valence-electron chi connectivity index (χ0n) is 34.5. The maximum Gasteiger partial charge on any atom is 0.420 e. The van der Waals surface area contributed by atoms with Crippen LogP contribution in [0.2, 0.25) is 0 Å². The van der Waals surface area contributed by atoms with E-state index in [-0.39, 0.29) is 44.1 Å². The third-order valence-electron chi connectivity index (χ3n) is 8.47. The molecule has 1 N–H and O–H groups in total. The molecule has 0 radical (unpaired) electrons. The van der Waals surface area contributed by atoms with Crippen LogP contribution in [0.15, 0.2) is 24.8 Å². The molecule has 2 aliphatic rings. The zero-order chi connectivity index (χ0) is 42.1. The van der Waals surface area contributed by atoms with Crippen LogP contribution in [-0.2, 0) is 35.1 Å². The second-order valence-corrected chi connectivity index (χ2v) is 16.8. The Balaban J connectivity index is 1.31. The second kappa shape index (κ2) is 18.8. The van der Waals surface area contributed by atoms with E-state index in [0.29, 0.717) is 50.2 Å². The van der Waals surface area contributed by atoms with Crippen LogP contribution >= 0.6 is 0 Å². The predicted molar refractivity (Wildman–Crippen MR) is 207 cm³/mol. The highest BCUT2D eigenvalue weighted by molar-refractivity contribution is 5.88. The third-order valence-corrected chi connectivity index (χ3v) is 8.47. The van der Waals surface area contributed by atoms with E-state index in [0.717, 1.165) is 18.0 Å². The number of rotatable bonds is 12. The summed E-state index contributed by atoms with van der Waals surface area (Å²) in [6.45, 7) is 20.0. The number of aromatic carboxylic acids is 1. The molecule has 19 nitrogen and oxygen atoms in total. The van der Waals surface area contributed by atoms with Gasteiger partial charge in [0.2, 0.25) is 17.8 Å². The van der Waals surface area contributed by atoms with Gasteiger partial charge in [-0.15, -0.1) is 0 Å². The fourth-order valence-corrected chi connectivity index (χ4v) is 5.81. The molecular weight excluding hydrogens is 742 g/mol. The van der Waals surface area contributed by atoms with Gasteiger partial charge < -0.3 is 38.8 Å². The number of carboxylic acid groups (broad SMARTS) is 1. The summed E-state index contributed by atoms with van der Waals surface area (Å²) in [5, 5.41) is 9.07. The van der Waals surface area contributed by atoms with E-state index in [9.17, 15) is 24.0 Å². The minimum atomic E-state index is -1.07. The molecule has 19 heteroatoms. The minimum Gasteiger partial charge on any atom is -0.478 e. The lowest BCUT2D eigenvalue weighted by molar-refractivity contribution is -0.165. The molecule has 1 unspecified atom stereocenters. The molecule has 0 aliphatic carbocycles. The van der Waals surface area contributed by atoms with Crippen molar-refractivity contribution in [2.24, 2.45) is 0 Å². The average molecular weight is 800 g/mol. The lowest BCUT2D eigenvalue weighted by Gasteiger charge is -2.41. The molecule has 3 amide bonds. The number of carbonyl (C=O) groups excluding carboxylic acids is 4. The van der Waals surface area contributed by atoms with Crippen LogP contribution in [0.25, 0.3) is 0 Å². The van der Waals surface area contributed by atoms with Gasteiger partial charge >= 0.3 is 24.1 Å². The van der Waals surface area contributed by atoms with Crippen LogP contribution in [0.4, 0.5) is 21.5 Å². The van der Waals surface area contributed by atoms with Gasteiger partial charge in [-0.1, -0.05) is 0 Å². The van der Waals surface area contributed by atoms with Gasteiger partial charge in [-0.3, -0.25) is 9.69 Å². The Morgan fingerprint density at radius 3 is 1.74 bits per heavy atom. The number of anilines is 2. The van der Waals surface area contributed by atoms with Gasteiger partial charge in [-0.2, -0.15) is 0 Å². The third kappa shape index (κ3) is 14.1. The molecule has 2 aromatic heterocycles. The first-order valence-electron chi connectivity index (χ1n) is 19.0. The van der Waals surface area contributed by atoms with Gasteiger partial charge in [-0.05, 0) is 62.3 Å². The SMILES string of the molecule is CC(C)(C)OC(=O)C1CN(c2ncc(CN(C(=O)OC(C)(C)C)C(=O)OC(C)(C)C)cn2)CCN1C(=O)CCOCCN1CCN(c2ncc(C(=O)O)cn2)CC1. The Hall–Kier alpha value is -5.17. The number of esters is 1. The molecule has 2 aromatic rings. The lowest BCUT2D eigenvalue weighted by Crippen LogP contribution is -2.59. The molecule has 1 atom stereocenters. The van der Waals surface area contributed by atoms with Crippen LogP contribution < -0.4 is 9.80 Å². The van der Waals surface area contributed by atoms with E-state index in [2.05, 4.69) is 24.8 Å². The van der Waals surface area contributed by atoms with Crippen LogP contribution in [0.1, 0.15) is 84.7 Å². The molecule has 0 bridgehead atoms. The van der Waals surface area contributed by atoms with Crippen molar-refractivity contribution in [1.82, 2.24) is 34.6 Å². The fourth-order valence-electron chi connectivity index (χ4n) is 5.81. The molecule has 0 aromatic carbocycles. The lowest BCUT2D eigenvalue weighted by atomic mass is 10.1. The topological polar surface area (TPSA) is 210 Å². The molecule has 2 fully saturated rings. The summed E-state index contributed by atoms with van der Waals surface area (Å²) in [6, 6.07) is -0.927. The second-order valence-electron chi connectivity index (χ2n) is 16.8. The van der Waals surface area contributed by atoms with Crippen LogP contribution in [0.3, 0.4) is 0 Å². The molecule has 4 heterocycles. The van der Waals surface area contributed by atoms with Gasteiger partial charge in [0.05, 0.1) is 38.3 Å². The number of hydrogen-bond donors (Lipinski definition) is 1. The normalized spacial score (nSPS) is 16.9. The van der Waals surface area contributed by atoms with Gasteiger partial charge in [0.25, 0.3) is 0 Å².